The van der Waals surface area contributed by atoms with Crippen molar-refractivity contribution >= 4 is 51.3 Å². The van der Waals surface area contributed by atoms with Crippen LogP contribution in [0.5, 0.6) is 5.75 Å². The summed E-state index contributed by atoms with van der Waals surface area (Å²) in [7, 11) is -3.96. The number of benzene rings is 2. The summed E-state index contributed by atoms with van der Waals surface area (Å²) in [5, 5.41) is 14.0. The first-order valence-electron chi connectivity index (χ1n) is 10.3. The summed E-state index contributed by atoms with van der Waals surface area (Å²) in [6, 6.07) is 8.70. The molecule has 1 unspecified atom stereocenters. The van der Waals surface area contributed by atoms with Gasteiger partial charge in [-0.1, -0.05) is 36.7 Å². The van der Waals surface area contributed by atoms with Crippen LogP contribution in [0.25, 0.3) is 0 Å². The highest BCUT2D eigenvalue weighted by Gasteiger charge is 2.33. The maximum Gasteiger partial charge on any atom is 0.255 e. The van der Waals surface area contributed by atoms with Gasteiger partial charge < -0.3 is 15.7 Å². The predicted octanol–water partition coefficient (Wildman–Crippen LogP) is 4.64. The number of hydrogen-bond donors (Lipinski definition) is 3. The quantitative estimate of drug-likeness (QED) is 0.199. The standard InChI is InChI=1S/C24H26ClN3O5S/c1-5-16(10-11-26-4)23(30)28-20-13-18(25)19(14-21(20)29)27-24(31)22(6-2)34(32,33)17-9-7-8-15(3)12-17/h5,7-14,22,29H,4,6H2,1-3H3,(H,27,31)(H,28,30)/b11-10-,16-5+. The van der Waals surface area contributed by atoms with Gasteiger partial charge >= 0.3 is 0 Å². The Bertz CT molecular complexity index is 1270. The van der Waals surface area contributed by atoms with E-state index >= 15 is 0 Å². The van der Waals surface area contributed by atoms with Crippen molar-refractivity contribution in [3.63, 3.8) is 0 Å². The van der Waals surface area contributed by atoms with E-state index in [0.717, 1.165) is 11.6 Å². The topological polar surface area (TPSA) is 125 Å². The molecule has 10 heteroatoms. The fraction of sp³-hybridized carbons (Fsp3) is 0.208. The number of carbonyl (C=O) groups is 2. The zero-order valence-corrected chi connectivity index (χ0v) is 20.6. The summed E-state index contributed by atoms with van der Waals surface area (Å²) in [6.07, 6.45) is 4.35. The first-order chi connectivity index (χ1) is 16.0. The Hall–Kier alpha value is -3.43. The molecule has 2 rings (SSSR count). The van der Waals surface area contributed by atoms with Gasteiger partial charge in [-0.3, -0.25) is 14.6 Å². The summed E-state index contributed by atoms with van der Waals surface area (Å²) in [5.41, 5.74) is 1.03. The number of aryl methyl sites for hydroxylation is 1. The van der Waals surface area contributed by atoms with E-state index in [2.05, 4.69) is 22.3 Å². The van der Waals surface area contributed by atoms with Crippen molar-refractivity contribution in [1.29, 1.82) is 0 Å². The van der Waals surface area contributed by atoms with Crippen LogP contribution in [0.1, 0.15) is 25.8 Å². The van der Waals surface area contributed by atoms with Gasteiger partial charge in [-0.15, -0.1) is 0 Å². The highest BCUT2D eigenvalue weighted by Crippen LogP contribution is 2.34. The fourth-order valence-electron chi connectivity index (χ4n) is 3.10. The third-order valence-corrected chi connectivity index (χ3v) is 7.40. The fourth-order valence-corrected chi connectivity index (χ4v) is 5.04. The van der Waals surface area contributed by atoms with Gasteiger partial charge in [-0.05, 0) is 56.8 Å². The molecular formula is C24H26ClN3O5S. The van der Waals surface area contributed by atoms with Gasteiger partial charge in [0, 0.05) is 17.8 Å². The number of anilines is 2. The lowest BCUT2D eigenvalue weighted by molar-refractivity contribution is -0.116. The van der Waals surface area contributed by atoms with Gasteiger partial charge in [0.15, 0.2) is 9.84 Å². The molecule has 2 amide bonds. The molecular weight excluding hydrogens is 478 g/mol. The number of hydrogen-bond acceptors (Lipinski definition) is 6. The second-order valence-electron chi connectivity index (χ2n) is 7.29. The van der Waals surface area contributed by atoms with E-state index in [0.29, 0.717) is 0 Å². The van der Waals surface area contributed by atoms with E-state index < -0.39 is 26.9 Å². The Morgan fingerprint density at radius 2 is 1.91 bits per heavy atom. The highest BCUT2D eigenvalue weighted by atomic mass is 35.5. The van der Waals surface area contributed by atoms with Crippen molar-refractivity contribution in [2.45, 2.75) is 37.3 Å². The molecule has 0 saturated carbocycles. The molecule has 0 aliphatic carbocycles. The Balaban J connectivity index is 2.27. The zero-order valence-electron chi connectivity index (χ0n) is 19.0. The third kappa shape index (κ3) is 6.33. The van der Waals surface area contributed by atoms with Crippen molar-refractivity contribution in [3.8, 4) is 5.75 Å². The maximum atomic E-state index is 13.0. The lowest BCUT2D eigenvalue weighted by Gasteiger charge is -2.18. The third-order valence-electron chi connectivity index (χ3n) is 4.88. The van der Waals surface area contributed by atoms with Crippen LogP contribution >= 0.6 is 11.6 Å². The van der Waals surface area contributed by atoms with E-state index in [1.807, 2.05) is 0 Å². The number of aromatic hydroxyl groups is 1. The molecule has 0 spiro atoms. The molecule has 0 fully saturated rings. The van der Waals surface area contributed by atoms with Crippen LogP contribution in [0.2, 0.25) is 5.02 Å². The molecule has 0 aliphatic rings. The Morgan fingerprint density at radius 1 is 1.21 bits per heavy atom. The number of phenolic OH excluding ortho intramolecular Hbond substituents is 1. The summed E-state index contributed by atoms with van der Waals surface area (Å²) >= 11 is 6.25. The van der Waals surface area contributed by atoms with Crippen LogP contribution in [0.3, 0.4) is 0 Å². The molecule has 2 aromatic rings. The second kappa shape index (κ2) is 11.6. The minimum Gasteiger partial charge on any atom is -0.506 e. The van der Waals surface area contributed by atoms with Crippen molar-refractivity contribution in [1.82, 2.24) is 0 Å². The molecule has 0 saturated heterocycles. The SMILES string of the molecule is C=N/C=C\C(=C/C)C(=O)Nc1cc(Cl)c(NC(=O)C(CC)S(=O)(=O)c2cccc(C)c2)cc1O. The number of aliphatic imine (C=N–C) groups is 1. The number of nitrogens with zero attached hydrogens (tertiary/aromatic N) is 1. The normalized spacial score (nSPS) is 12.9. The maximum absolute atomic E-state index is 13.0. The van der Waals surface area contributed by atoms with Gasteiger partial charge in [-0.2, -0.15) is 0 Å². The van der Waals surface area contributed by atoms with Crippen LogP contribution in [0.4, 0.5) is 11.4 Å². The predicted molar refractivity (Wildman–Crippen MR) is 135 cm³/mol. The summed E-state index contributed by atoms with van der Waals surface area (Å²) in [5.74, 6) is -1.69. The van der Waals surface area contributed by atoms with Gasteiger partial charge in [0.25, 0.3) is 5.91 Å². The largest absolute Gasteiger partial charge is 0.506 e. The Kier molecular flexibility index (Phi) is 9.17. The van der Waals surface area contributed by atoms with Crippen LogP contribution in [-0.4, -0.2) is 37.3 Å². The van der Waals surface area contributed by atoms with E-state index in [9.17, 15) is 23.1 Å². The summed E-state index contributed by atoms with van der Waals surface area (Å²) in [4.78, 5) is 28.8. The number of amides is 2. The average Bonchev–Trinajstić information content (AvgIpc) is 2.78. The van der Waals surface area contributed by atoms with Crippen molar-refractivity contribution in [3.05, 3.63) is 70.9 Å². The van der Waals surface area contributed by atoms with E-state index in [1.54, 1.807) is 39.0 Å². The number of phenols is 1. The summed E-state index contributed by atoms with van der Waals surface area (Å²) in [6.45, 7) is 8.30. The van der Waals surface area contributed by atoms with Crippen LogP contribution in [0, 0.1) is 6.92 Å². The number of allylic oxidation sites excluding steroid dienone is 1. The van der Waals surface area contributed by atoms with Crippen molar-refractivity contribution in [2.75, 3.05) is 10.6 Å². The summed E-state index contributed by atoms with van der Waals surface area (Å²) < 4.78 is 26.1. The van der Waals surface area contributed by atoms with E-state index in [-0.39, 0.29) is 39.0 Å². The second-order valence-corrected chi connectivity index (χ2v) is 9.83. The zero-order chi connectivity index (χ0) is 25.5. The van der Waals surface area contributed by atoms with Gasteiger partial charge in [0.2, 0.25) is 5.91 Å². The van der Waals surface area contributed by atoms with Gasteiger partial charge in [-0.25, -0.2) is 8.42 Å². The van der Waals surface area contributed by atoms with Crippen LogP contribution in [0.15, 0.2) is 70.2 Å². The number of rotatable bonds is 9. The van der Waals surface area contributed by atoms with E-state index in [4.69, 9.17) is 11.6 Å². The van der Waals surface area contributed by atoms with Crippen LogP contribution < -0.4 is 10.6 Å². The van der Waals surface area contributed by atoms with Crippen molar-refractivity contribution < 1.29 is 23.1 Å². The number of nitrogens with one attached hydrogen (secondary N) is 2. The number of halogens is 1. The molecule has 3 N–H and O–H groups in total. The molecule has 0 radical (unpaired) electrons. The molecule has 8 nitrogen and oxygen atoms in total. The van der Waals surface area contributed by atoms with E-state index in [1.165, 1.54) is 30.5 Å². The molecule has 1 atom stereocenters. The smallest absolute Gasteiger partial charge is 0.255 e. The van der Waals surface area contributed by atoms with Gasteiger partial charge in [0.1, 0.15) is 11.0 Å². The van der Waals surface area contributed by atoms with Crippen molar-refractivity contribution in [2.24, 2.45) is 4.99 Å². The van der Waals surface area contributed by atoms with Crippen LogP contribution in [-0.2, 0) is 19.4 Å². The van der Waals surface area contributed by atoms with Gasteiger partial charge in [0.05, 0.1) is 21.3 Å². The minimum atomic E-state index is -3.96. The Morgan fingerprint density at radius 3 is 2.50 bits per heavy atom. The monoisotopic (exact) mass is 503 g/mol. The molecule has 180 valence electrons. The first kappa shape index (κ1) is 26.8. The minimum absolute atomic E-state index is 0.00191. The molecule has 2 aromatic carbocycles. The first-order valence-corrected chi connectivity index (χ1v) is 12.2. The molecule has 0 heterocycles. The average molecular weight is 504 g/mol. The molecule has 34 heavy (non-hydrogen) atoms. The molecule has 0 bridgehead atoms. The lowest BCUT2D eigenvalue weighted by atomic mass is 10.2. The highest BCUT2D eigenvalue weighted by molar-refractivity contribution is 7.92. The lowest BCUT2D eigenvalue weighted by Crippen LogP contribution is -2.34. The molecule has 0 aromatic heterocycles. The molecule has 0 aliphatic heterocycles. The number of sulfone groups is 1. The number of carbonyl (C=O) groups excluding carboxylic acids is 2. The Labute approximate surface area is 204 Å².